The first kappa shape index (κ1) is 23.1. The molecule has 0 amide bonds. The predicted molar refractivity (Wildman–Crippen MR) is 131 cm³/mol. The van der Waals surface area contributed by atoms with Crippen molar-refractivity contribution in [3.8, 4) is 0 Å². The van der Waals surface area contributed by atoms with Crippen LogP contribution in [0, 0.1) is 6.92 Å². The lowest BCUT2D eigenvalue weighted by Crippen LogP contribution is -2.48. The van der Waals surface area contributed by atoms with Gasteiger partial charge in [-0.3, -0.25) is 4.68 Å². The first-order valence-electron chi connectivity index (χ1n) is 11.0. The number of nitrogens with one attached hydrogen (secondary N) is 1. The number of guanidine groups is 1. The number of nitrogens with zero attached hydrogens (tertiary/aromatic N) is 4. The van der Waals surface area contributed by atoms with Crippen molar-refractivity contribution < 1.29 is 4.74 Å². The summed E-state index contributed by atoms with van der Waals surface area (Å²) < 4.78 is 8.23. The number of morpholine rings is 1. The maximum atomic E-state index is 6.09. The SMILES string of the molecule is CCNC(=NCc1ccn(C2CCCC2)n1)N1CCOC(c2ccccc2C)C1.I. The Bertz CT molecular complexity index is 831. The fourth-order valence-corrected chi connectivity index (χ4v) is 4.39. The highest BCUT2D eigenvalue weighted by molar-refractivity contribution is 14.0. The average Bonchev–Trinajstić information content (AvgIpc) is 3.43. The summed E-state index contributed by atoms with van der Waals surface area (Å²) in [6.45, 7) is 8.09. The molecule has 1 aromatic heterocycles. The molecule has 2 heterocycles. The Hall–Kier alpha value is -1.61. The zero-order valence-corrected chi connectivity index (χ0v) is 20.4. The highest BCUT2D eigenvalue weighted by atomic mass is 127. The van der Waals surface area contributed by atoms with Crippen LogP contribution in [0.5, 0.6) is 0 Å². The lowest BCUT2D eigenvalue weighted by molar-refractivity contribution is -0.00834. The number of hydrogen-bond donors (Lipinski definition) is 1. The Morgan fingerprint density at radius 2 is 2.03 bits per heavy atom. The van der Waals surface area contributed by atoms with Crippen molar-refractivity contribution in [3.05, 3.63) is 53.3 Å². The smallest absolute Gasteiger partial charge is 0.194 e. The van der Waals surface area contributed by atoms with Gasteiger partial charge >= 0.3 is 0 Å². The molecule has 6 nitrogen and oxygen atoms in total. The van der Waals surface area contributed by atoms with E-state index in [1.165, 1.54) is 36.8 Å². The van der Waals surface area contributed by atoms with Crippen molar-refractivity contribution in [2.24, 2.45) is 4.99 Å². The van der Waals surface area contributed by atoms with E-state index in [0.29, 0.717) is 19.2 Å². The fourth-order valence-electron chi connectivity index (χ4n) is 4.39. The van der Waals surface area contributed by atoms with Crippen molar-refractivity contribution in [1.29, 1.82) is 0 Å². The molecule has 1 unspecified atom stereocenters. The van der Waals surface area contributed by atoms with E-state index in [1.807, 2.05) is 0 Å². The molecule has 0 radical (unpaired) electrons. The Labute approximate surface area is 197 Å². The van der Waals surface area contributed by atoms with Crippen molar-refractivity contribution in [1.82, 2.24) is 20.0 Å². The summed E-state index contributed by atoms with van der Waals surface area (Å²) in [6.07, 6.45) is 7.35. The molecule has 30 heavy (non-hydrogen) atoms. The van der Waals surface area contributed by atoms with Crippen LogP contribution in [-0.4, -0.2) is 46.9 Å². The van der Waals surface area contributed by atoms with E-state index in [-0.39, 0.29) is 30.1 Å². The van der Waals surface area contributed by atoms with Crippen LogP contribution >= 0.6 is 24.0 Å². The molecular formula is C23H34IN5O. The van der Waals surface area contributed by atoms with Crippen LogP contribution in [0.2, 0.25) is 0 Å². The lowest BCUT2D eigenvalue weighted by Gasteiger charge is -2.35. The van der Waals surface area contributed by atoms with Crippen LogP contribution in [0.4, 0.5) is 0 Å². The van der Waals surface area contributed by atoms with E-state index in [1.54, 1.807) is 0 Å². The molecule has 1 aromatic carbocycles. The van der Waals surface area contributed by atoms with Gasteiger partial charge in [-0.25, -0.2) is 4.99 Å². The van der Waals surface area contributed by atoms with E-state index in [2.05, 4.69) is 65.3 Å². The molecule has 2 aliphatic rings. The zero-order valence-electron chi connectivity index (χ0n) is 18.1. The number of rotatable bonds is 5. The Morgan fingerprint density at radius 3 is 2.80 bits per heavy atom. The molecule has 1 aliphatic carbocycles. The Balaban J connectivity index is 0.00000256. The number of aryl methyl sites for hydroxylation is 1. The van der Waals surface area contributed by atoms with E-state index < -0.39 is 0 Å². The van der Waals surface area contributed by atoms with E-state index in [9.17, 15) is 0 Å². The predicted octanol–water partition coefficient (Wildman–Crippen LogP) is 4.46. The molecule has 2 fully saturated rings. The third-order valence-electron chi connectivity index (χ3n) is 5.99. The number of halogens is 1. The molecule has 1 aliphatic heterocycles. The number of aromatic nitrogens is 2. The Kier molecular flexibility index (Phi) is 8.56. The maximum Gasteiger partial charge on any atom is 0.194 e. The summed E-state index contributed by atoms with van der Waals surface area (Å²) in [5.74, 6) is 0.949. The van der Waals surface area contributed by atoms with Crippen LogP contribution < -0.4 is 5.32 Å². The van der Waals surface area contributed by atoms with Gasteiger partial charge in [0.2, 0.25) is 0 Å². The van der Waals surface area contributed by atoms with Crippen molar-refractivity contribution >= 4 is 29.9 Å². The molecule has 1 atom stereocenters. The zero-order chi connectivity index (χ0) is 20.1. The molecular weight excluding hydrogens is 489 g/mol. The third kappa shape index (κ3) is 5.55. The fraction of sp³-hybridized carbons (Fsp3) is 0.565. The summed E-state index contributed by atoms with van der Waals surface area (Å²) in [4.78, 5) is 7.22. The highest BCUT2D eigenvalue weighted by Gasteiger charge is 2.25. The summed E-state index contributed by atoms with van der Waals surface area (Å²) in [7, 11) is 0. The molecule has 164 valence electrons. The monoisotopic (exact) mass is 523 g/mol. The standard InChI is InChI=1S/C23H33N5O.HI/c1-3-24-23(25-16-19-12-13-28(26-19)20-9-5-6-10-20)27-14-15-29-22(17-27)21-11-7-4-8-18(21)2;/h4,7-8,11-13,20,22H,3,5-6,9-10,14-17H2,1-2H3,(H,24,25);1H. The maximum absolute atomic E-state index is 6.09. The minimum absolute atomic E-state index is 0. The van der Waals surface area contributed by atoms with Gasteiger partial charge in [-0.05, 0) is 43.9 Å². The third-order valence-corrected chi connectivity index (χ3v) is 5.99. The van der Waals surface area contributed by atoms with E-state index in [4.69, 9.17) is 14.8 Å². The summed E-state index contributed by atoms with van der Waals surface area (Å²) >= 11 is 0. The van der Waals surface area contributed by atoms with Crippen LogP contribution in [0.25, 0.3) is 0 Å². The quantitative estimate of drug-likeness (QED) is 0.357. The second-order valence-electron chi connectivity index (χ2n) is 8.06. The van der Waals surface area contributed by atoms with Crippen molar-refractivity contribution in [2.45, 2.75) is 58.2 Å². The minimum Gasteiger partial charge on any atom is -0.370 e. The summed E-state index contributed by atoms with van der Waals surface area (Å²) in [5.41, 5.74) is 3.58. The van der Waals surface area contributed by atoms with Gasteiger partial charge in [-0.2, -0.15) is 5.10 Å². The van der Waals surface area contributed by atoms with Crippen LogP contribution in [0.1, 0.15) is 61.6 Å². The molecule has 2 aromatic rings. The number of hydrogen-bond acceptors (Lipinski definition) is 3. The molecule has 1 saturated carbocycles. The van der Waals surface area contributed by atoms with Crippen LogP contribution in [0.3, 0.4) is 0 Å². The number of aliphatic imine (C=N–C) groups is 1. The second-order valence-corrected chi connectivity index (χ2v) is 8.06. The average molecular weight is 523 g/mol. The summed E-state index contributed by atoms with van der Waals surface area (Å²) in [6, 6.07) is 11.2. The summed E-state index contributed by atoms with van der Waals surface area (Å²) in [5, 5.41) is 8.24. The molecule has 7 heteroatoms. The van der Waals surface area contributed by atoms with Gasteiger partial charge in [0.25, 0.3) is 0 Å². The van der Waals surface area contributed by atoms with Crippen molar-refractivity contribution in [3.63, 3.8) is 0 Å². The van der Waals surface area contributed by atoms with Gasteiger partial charge < -0.3 is 15.0 Å². The molecule has 1 N–H and O–H groups in total. The van der Waals surface area contributed by atoms with Gasteiger partial charge in [0.1, 0.15) is 6.10 Å². The minimum atomic E-state index is 0. The van der Waals surface area contributed by atoms with Crippen LogP contribution in [0.15, 0.2) is 41.5 Å². The highest BCUT2D eigenvalue weighted by Crippen LogP contribution is 2.29. The van der Waals surface area contributed by atoms with Crippen LogP contribution in [-0.2, 0) is 11.3 Å². The Morgan fingerprint density at radius 1 is 1.23 bits per heavy atom. The van der Waals surface area contributed by atoms with Gasteiger partial charge in [0, 0.05) is 19.3 Å². The van der Waals surface area contributed by atoms with Gasteiger partial charge in [-0.15, -0.1) is 24.0 Å². The molecule has 0 spiro atoms. The molecule has 4 rings (SSSR count). The first-order chi connectivity index (χ1) is 14.2. The van der Waals surface area contributed by atoms with Gasteiger partial charge in [0.05, 0.1) is 31.4 Å². The second kappa shape index (κ2) is 11.1. The topological polar surface area (TPSA) is 54.7 Å². The van der Waals surface area contributed by atoms with Crippen molar-refractivity contribution in [2.75, 3.05) is 26.2 Å². The largest absolute Gasteiger partial charge is 0.370 e. The number of benzene rings is 1. The van der Waals surface area contributed by atoms with E-state index >= 15 is 0 Å². The lowest BCUT2D eigenvalue weighted by atomic mass is 10.0. The number of ether oxygens (including phenoxy) is 1. The van der Waals surface area contributed by atoms with E-state index in [0.717, 1.165) is 31.3 Å². The first-order valence-corrected chi connectivity index (χ1v) is 11.0. The molecule has 0 bridgehead atoms. The normalized spacial score (nSPS) is 20.3. The van der Waals surface area contributed by atoms with Gasteiger partial charge in [-0.1, -0.05) is 37.1 Å². The van der Waals surface area contributed by atoms with Gasteiger partial charge in [0.15, 0.2) is 5.96 Å². The molecule has 1 saturated heterocycles.